The summed E-state index contributed by atoms with van der Waals surface area (Å²) in [5.74, 6) is 2.31. The molecule has 0 spiro atoms. The van der Waals surface area contributed by atoms with Crippen molar-refractivity contribution in [1.82, 2.24) is 4.98 Å². The minimum absolute atomic E-state index is 0.218. The second-order valence-electron chi connectivity index (χ2n) is 6.01. The number of carbonyl (C=O) groups excluding carboxylic acids is 1. The van der Waals surface area contributed by atoms with Gasteiger partial charge in [0.15, 0.2) is 11.5 Å². The number of aromatic nitrogens is 1. The summed E-state index contributed by atoms with van der Waals surface area (Å²) in [5.41, 5.74) is 1.89. The summed E-state index contributed by atoms with van der Waals surface area (Å²) in [6.07, 6.45) is 1.58. The van der Waals surface area contributed by atoms with Gasteiger partial charge in [-0.3, -0.25) is 4.79 Å². The van der Waals surface area contributed by atoms with Crippen LogP contribution in [-0.4, -0.2) is 24.3 Å². The van der Waals surface area contributed by atoms with Crippen LogP contribution in [0.5, 0.6) is 17.2 Å². The minimum Gasteiger partial charge on any atom is -0.492 e. The molecule has 28 heavy (non-hydrogen) atoms. The number of rotatable bonds is 6. The molecule has 7 heteroatoms. The van der Waals surface area contributed by atoms with Gasteiger partial charge in [-0.25, -0.2) is 4.98 Å². The smallest absolute Gasteiger partial charge is 0.255 e. The molecule has 0 radical (unpaired) electrons. The molecule has 3 aromatic rings. The van der Waals surface area contributed by atoms with Crippen LogP contribution in [0.25, 0.3) is 0 Å². The SMILES string of the molecule is CCOc1ccccc1NC(=O)c1ccnc(Nc2ccc3c(c2)OCO3)c1. The highest BCUT2D eigenvalue weighted by atomic mass is 16.7. The highest BCUT2D eigenvalue weighted by molar-refractivity contribution is 6.05. The topological polar surface area (TPSA) is 81.7 Å². The van der Waals surface area contributed by atoms with Gasteiger partial charge < -0.3 is 24.8 Å². The summed E-state index contributed by atoms with van der Waals surface area (Å²) in [7, 11) is 0. The van der Waals surface area contributed by atoms with Gasteiger partial charge in [0, 0.05) is 23.5 Å². The van der Waals surface area contributed by atoms with Crippen molar-refractivity contribution >= 4 is 23.1 Å². The summed E-state index contributed by atoms with van der Waals surface area (Å²) in [6.45, 7) is 2.64. The number of ether oxygens (including phenoxy) is 3. The highest BCUT2D eigenvalue weighted by Crippen LogP contribution is 2.35. The van der Waals surface area contributed by atoms with Crippen molar-refractivity contribution in [2.75, 3.05) is 24.0 Å². The van der Waals surface area contributed by atoms with Crippen LogP contribution in [0.15, 0.2) is 60.8 Å². The van der Waals surface area contributed by atoms with Crippen LogP contribution in [0.2, 0.25) is 0 Å². The lowest BCUT2D eigenvalue weighted by molar-refractivity contribution is 0.102. The molecule has 1 aromatic heterocycles. The quantitative estimate of drug-likeness (QED) is 0.670. The number of hydrogen-bond donors (Lipinski definition) is 2. The summed E-state index contributed by atoms with van der Waals surface area (Å²) in [4.78, 5) is 16.9. The van der Waals surface area contributed by atoms with Gasteiger partial charge in [-0.1, -0.05) is 12.1 Å². The molecule has 1 amide bonds. The lowest BCUT2D eigenvalue weighted by Gasteiger charge is -2.12. The van der Waals surface area contributed by atoms with Crippen LogP contribution in [0, 0.1) is 0 Å². The zero-order valence-electron chi connectivity index (χ0n) is 15.3. The molecule has 2 N–H and O–H groups in total. The zero-order valence-corrected chi connectivity index (χ0v) is 15.3. The third-order valence-electron chi connectivity index (χ3n) is 4.10. The molecule has 2 aromatic carbocycles. The largest absolute Gasteiger partial charge is 0.492 e. The van der Waals surface area contributed by atoms with Gasteiger partial charge in [0.05, 0.1) is 12.3 Å². The Morgan fingerprint density at radius 1 is 1.11 bits per heavy atom. The molecule has 0 atom stereocenters. The van der Waals surface area contributed by atoms with Gasteiger partial charge in [-0.05, 0) is 43.3 Å². The molecular formula is C21H19N3O4. The van der Waals surface area contributed by atoms with E-state index in [9.17, 15) is 4.79 Å². The predicted molar refractivity (Wildman–Crippen MR) is 106 cm³/mol. The van der Waals surface area contributed by atoms with Crippen molar-refractivity contribution < 1.29 is 19.0 Å². The van der Waals surface area contributed by atoms with E-state index in [1.807, 2.05) is 43.3 Å². The Kier molecular flexibility index (Phi) is 4.97. The number of nitrogens with one attached hydrogen (secondary N) is 2. The number of fused-ring (bicyclic) bond motifs is 1. The molecule has 0 bridgehead atoms. The molecule has 0 saturated heterocycles. The van der Waals surface area contributed by atoms with E-state index in [0.717, 1.165) is 5.69 Å². The van der Waals surface area contributed by atoms with Crippen molar-refractivity contribution in [2.24, 2.45) is 0 Å². The Balaban J connectivity index is 1.50. The number of benzene rings is 2. The maximum absolute atomic E-state index is 12.7. The monoisotopic (exact) mass is 377 g/mol. The maximum Gasteiger partial charge on any atom is 0.255 e. The standard InChI is InChI=1S/C21H19N3O4/c1-2-26-17-6-4-3-5-16(17)24-21(25)14-9-10-22-20(11-14)23-15-7-8-18-19(12-15)28-13-27-18/h3-12H,2,13H2,1H3,(H,22,23)(H,24,25). The van der Waals surface area contributed by atoms with Gasteiger partial charge in [-0.15, -0.1) is 0 Å². The van der Waals surface area contributed by atoms with Crippen molar-refractivity contribution in [1.29, 1.82) is 0 Å². The Morgan fingerprint density at radius 3 is 2.86 bits per heavy atom. The summed E-state index contributed by atoms with van der Waals surface area (Å²) >= 11 is 0. The second kappa shape index (κ2) is 7.87. The molecule has 0 saturated carbocycles. The number of carbonyl (C=O) groups is 1. The van der Waals surface area contributed by atoms with Crippen LogP contribution in [-0.2, 0) is 0 Å². The first kappa shape index (κ1) is 17.7. The van der Waals surface area contributed by atoms with Gasteiger partial charge >= 0.3 is 0 Å². The van der Waals surface area contributed by atoms with Gasteiger partial charge in [-0.2, -0.15) is 0 Å². The average molecular weight is 377 g/mol. The molecule has 7 nitrogen and oxygen atoms in total. The van der Waals surface area contributed by atoms with Crippen molar-refractivity contribution in [2.45, 2.75) is 6.92 Å². The molecule has 0 aliphatic carbocycles. The normalized spacial score (nSPS) is 11.8. The van der Waals surface area contributed by atoms with Gasteiger partial charge in [0.1, 0.15) is 11.6 Å². The number of hydrogen-bond acceptors (Lipinski definition) is 6. The number of amides is 1. The first-order valence-corrected chi connectivity index (χ1v) is 8.89. The first-order valence-electron chi connectivity index (χ1n) is 8.89. The van der Waals surface area contributed by atoms with Crippen LogP contribution in [0.3, 0.4) is 0 Å². The Bertz CT molecular complexity index is 1010. The van der Waals surface area contributed by atoms with Crippen LogP contribution >= 0.6 is 0 Å². The summed E-state index contributed by atoms with van der Waals surface area (Å²) in [5, 5.41) is 6.05. The first-order chi connectivity index (χ1) is 13.7. The van der Waals surface area contributed by atoms with E-state index in [1.165, 1.54) is 0 Å². The fraction of sp³-hybridized carbons (Fsp3) is 0.143. The molecule has 1 aliphatic rings. The summed E-state index contributed by atoms with van der Waals surface area (Å²) < 4.78 is 16.2. The highest BCUT2D eigenvalue weighted by Gasteiger charge is 2.14. The van der Waals surface area contributed by atoms with E-state index in [0.29, 0.717) is 40.9 Å². The lowest BCUT2D eigenvalue weighted by atomic mass is 10.2. The van der Waals surface area contributed by atoms with Crippen molar-refractivity contribution in [3.63, 3.8) is 0 Å². The van der Waals surface area contributed by atoms with Crippen LogP contribution in [0.1, 0.15) is 17.3 Å². The van der Waals surface area contributed by atoms with Crippen molar-refractivity contribution in [3.05, 3.63) is 66.4 Å². The number of anilines is 3. The van der Waals surface area contributed by atoms with Crippen LogP contribution < -0.4 is 24.8 Å². The van der Waals surface area contributed by atoms with E-state index in [1.54, 1.807) is 24.4 Å². The molecule has 2 heterocycles. The molecule has 4 rings (SSSR count). The minimum atomic E-state index is -0.247. The molecule has 142 valence electrons. The van der Waals surface area contributed by atoms with Crippen molar-refractivity contribution in [3.8, 4) is 17.2 Å². The molecule has 0 fully saturated rings. The van der Waals surface area contributed by atoms with Crippen LogP contribution in [0.4, 0.5) is 17.2 Å². The second-order valence-corrected chi connectivity index (χ2v) is 6.01. The third kappa shape index (κ3) is 3.83. The zero-order chi connectivity index (χ0) is 19.3. The molecule has 0 unspecified atom stereocenters. The Hall–Kier alpha value is -3.74. The van der Waals surface area contributed by atoms with Gasteiger partial charge in [0.2, 0.25) is 6.79 Å². The van der Waals surface area contributed by atoms with E-state index in [4.69, 9.17) is 14.2 Å². The number of pyridine rings is 1. The van der Waals surface area contributed by atoms with E-state index in [-0.39, 0.29) is 12.7 Å². The lowest BCUT2D eigenvalue weighted by Crippen LogP contribution is -2.13. The fourth-order valence-corrected chi connectivity index (χ4v) is 2.81. The summed E-state index contributed by atoms with van der Waals surface area (Å²) in [6, 6.07) is 16.2. The Morgan fingerprint density at radius 2 is 1.96 bits per heavy atom. The molecule has 1 aliphatic heterocycles. The maximum atomic E-state index is 12.7. The predicted octanol–water partition coefficient (Wildman–Crippen LogP) is 4.20. The van der Waals surface area contributed by atoms with E-state index in [2.05, 4.69) is 15.6 Å². The molecular weight excluding hydrogens is 358 g/mol. The van der Waals surface area contributed by atoms with Gasteiger partial charge in [0.25, 0.3) is 5.91 Å². The number of nitrogens with zero attached hydrogens (tertiary/aromatic N) is 1. The van der Waals surface area contributed by atoms with E-state index >= 15 is 0 Å². The fourth-order valence-electron chi connectivity index (χ4n) is 2.81. The van der Waals surface area contributed by atoms with E-state index < -0.39 is 0 Å². The average Bonchev–Trinajstić information content (AvgIpc) is 3.18. The Labute approximate surface area is 162 Å². The number of para-hydroxylation sites is 2. The third-order valence-corrected chi connectivity index (χ3v) is 4.10.